The lowest BCUT2D eigenvalue weighted by Crippen LogP contribution is -2.56. The zero-order valence-corrected chi connectivity index (χ0v) is 16.7. The fraction of sp³-hybridized carbons (Fsp3) is 0.238. The van der Waals surface area contributed by atoms with Gasteiger partial charge in [0.2, 0.25) is 0 Å². The summed E-state index contributed by atoms with van der Waals surface area (Å²) in [5.41, 5.74) is 1.57. The second kappa shape index (κ2) is 8.25. The number of aromatic nitrogens is 1. The number of anilines is 1. The number of hydrogen-bond acceptors (Lipinski definition) is 6. The number of pyridine rings is 1. The Hall–Kier alpha value is -3.23. The highest BCUT2D eigenvalue weighted by atomic mass is 35.5. The van der Waals surface area contributed by atoms with Crippen molar-refractivity contribution >= 4 is 39.8 Å². The number of aliphatic hydroxyl groups is 1. The molecule has 30 heavy (non-hydrogen) atoms. The molecule has 3 aromatic rings. The maximum atomic E-state index is 12.9. The minimum absolute atomic E-state index is 0.0513. The first-order chi connectivity index (χ1) is 14.5. The van der Waals surface area contributed by atoms with Crippen molar-refractivity contribution in [2.45, 2.75) is 6.04 Å². The van der Waals surface area contributed by atoms with Gasteiger partial charge in [0.25, 0.3) is 11.6 Å². The summed E-state index contributed by atoms with van der Waals surface area (Å²) in [6.45, 7) is 1.14. The number of benzene rings is 2. The predicted octanol–water partition coefficient (Wildman–Crippen LogP) is 3.12. The summed E-state index contributed by atoms with van der Waals surface area (Å²) in [6.07, 6.45) is 1.53. The van der Waals surface area contributed by atoms with E-state index in [9.17, 15) is 20.0 Å². The van der Waals surface area contributed by atoms with Gasteiger partial charge in [0.05, 0.1) is 17.6 Å². The van der Waals surface area contributed by atoms with E-state index in [1.807, 2.05) is 4.90 Å². The standard InChI is InChI=1S/C21H19ClN4O4/c22-15-5-3-14(4-6-15)21(28)25-11-10-24(12-16(25)13-27)18-7-8-19(26(29)30)20-17(18)2-1-9-23-20/h1-9,16,27H,10-13H2. The Balaban J connectivity index is 1.62. The van der Waals surface area contributed by atoms with Gasteiger partial charge >= 0.3 is 0 Å². The van der Waals surface area contributed by atoms with Crippen molar-refractivity contribution < 1.29 is 14.8 Å². The summed E-state index contributed by atoms with van der Waals surface area (Å²) in [6, 6.07) is 12.9. The van der Waals surface area contributed by atoms with Crippen molar-refractivity contribution in [1.82, 2.24) is 9.88 Å². The lowest BCUT2D eigenvalue weighted by atomic mass is 10.1. The lowest BCUT2D eigenvalue weighted by molar-refractivity contribution is -0.383. The third-order valence-corrected chi connectivity index (χ3v) is 5.56. The van der Waals surface area contributed by atoms with Crippen molar-refractivity contribution in [3.63, 3.8) is 0 Å². The van der Waals surface area contributed by atoms with Gasteiger partial charge in [-0.25, -0.2) is 4.98 Å². The lowest BCUT2D eigenvalue weighted by Gasteiger charge is -2.42. The number of carbonyl (C=O) groups is 1. The molecule has 154 valence electrons. The van der Waals surface area contributed by atoms with Crippen LogP contribution >= 0.6 is 11.6 Å². The first kappa shape index (κ1) is 20.1. The van der Waals surface area contributed by atoms with Crippen molar-refractivity contribution in [3.05, 3.63) is 75.4 Å². The normalized spacial score (nSPS) is 16.7. The average molecular weight is 427 g/mol. The molecule has 8 nitrogen and oxygen atoms in total. The molecule has 4 rings (SSSR count). The van der Waals surface area contributed by atoms with Crippen LogP contribution in [0.4, 0.5) is 11.4 Å². The van der Waals surface area contributed by atoms with Gasteiger partial charge in [-0.05, 0) is 42.5 Å². The molecule has 1 saturated heterocycles. The minimum atomic E-state index is -0.446. The number of carbonyl (C=O) groups excluding carboxylic acids is 1. The molecule has 1 unspecified atom stereocenters. The van der Waals surface area contributed by atoms with Crippen LogP contribution in [0.1, 0.15) is 10.4 Å². The second-order valence-corrected chi connectivity index (χ2v) is 7.48. The van der Waals surface area contributed by atoms with Crippen LogP contribution in [0.15, 0.2) is 54.7 Å². The largest absolute Gasteiger partial charge is 0.394 e. The van der Waals surface area contributed by atoms with Gasteiger partial charge in [0, 0.05) is 53.6 Å². The van der Waals surface area contributed by atoms with Crippen molar-refractivity contribution in [2.24, 2.45) is 0 Å². The smallest absolute Gasteiger partial charge is 0.295 e. The van der Waals surface area contributed by atoms with Crippen LogP contribution in [-0.4, -0.2) is 58.1 Å². The van der Waals surface area contributed by atoms with E-state index in [-0.39, 0.29) is 18.2 Å². The topological polar surface area (TPSA) is 99.8 Å². The number of nitrogens with zero attached hydrogens (tertiary/aromatic N) is 4. The van der Waals surface area contributed by atoms with Gasteiger partial charge in [-0.2, -0.15) is 0 Å². The third-order valence-electron chi connectivity index (χ3n) is 5.31. The van der Waals surface area contributed by atoms with E-state index < -0.39 is 11.0 Å². The van der Waals surface area contributed by atoms with Crippen LogP contribution in [0, 0.1) is 10.1 Å². The van der Waals surface area contributed by atoms with E-state index in [0.717, 1.165) is 5.69 Å². The Bertz CT molecular complexity index is 1110. The fourth-order valence-electron chi connectivity index (χ4n) is 3.82. The average Bonchev–Trinajstić information content (AvgIpc) is 2.77. The molecule has 2 heterocycles. The maximum Gasteiger partial charge on any atom is 0.295 e. The Morgan fingerprint density at radius 3 is 2.67 bits per heavy atom. The molecule has 0 saturated carbocycles. The summed E-state index contributed by atoms with van der Waals surface area (Å²) in [4.78, 5) is 31.7. The number of fused-ring (bicyclic) bond motifs is 1. The van der Waals surface area contributed by atoms with Crippen LogP contribution in [0.5, 0.6) is 0 Å². The highest BCUT2D eigenvalue weighted by Crippen LogP contribution is 2.33. The first-order valence-electron chi connectivity index (χ1n) is 9.44. The zero-order chi connectivity index (χ0) is 21.3. The zero-order valence-electron chi connectivity index (χ0n) is 15.9. The molecule has 1 fully saturated rings. The molecule has 0 radical (unpaired) electrons. The Morgan fingerprint density at radius 1 is 1.20 bits per heavy atom. The number of nitro groups is 1. The minimum Gasteiger partial charge on any atom is -0.394 e. The number of nitro benzene ring substituents is 1. The molecule has 1 aliphatic rings. The molecular weight excluding hydrogens is 408 g/mol. The van der Waals surface area contributed by atoms with Gasteiger partial charge in [-0.3, -0.25) is 14.9 Å². The van der Waals surface area contributed by atoms with Crippen LogP contribution < -0.4 is 4.90 Å². The predicted molar refractivity (Wildman–Crippen MR) is 114 cm³/mol. The monoisotopic (exact) mass is 426 g/mol. The first-order valence-corrected chi connectivity index (χ1v) is 9.82. The maximum absolute atomic E-state index is 12.9. The Morgan fingerprint density at radius 2 is 1.97 bits per heavy atom. The van der Waals surface area contributed by atoms with Gasteiger partial charge < -0.3 is 14.9 Å². The highest BCUT2D eigenvalue weighted by molar-refractivity contribution is 6.30. The van der Waals surface area contributed by atoms with E-state index in [2.05, 4.69) is 4.98 Å². The third kappa shape index (κ3) is 3.67. The van der Waals surface area contributed by atoms with Gasteiger partial charge in [0.1, 0.15) is 5.52 Å². The van der Waals surface area contributed by atoms with E-state index in [1.165, 1.54) is 12.3 Å². The Kier molecular flexibility index (Phi) is 5.52. The summed E-state index contributed by atoms with van der Waals surface area (Å²) in [5.74, 6) is -0.166. The molecule has 0 spiro atoms. The molecule has 1 aliphatic heterocycles. The van der Waals surface area contributed by atoms with E-state index in [1.54, 1.807) is 47.4 Å². The number of hydrogen-bond donors (Lipinski definition) is 1. The molecule has 1 N–H and O–H groups in total. The quantitative estimate of drug-likeness (QED) is 0.508. The summed E-state index contributed by atoms with van der Waals surface area (Å²) < 4.78 is 0. The van der Waals surface area contributed by atoms with E-state index >= 15 is 0 Å². The Labute approximate surface area is 177 Å². The van der Waals surface area contributed by atoms with Crippen molar-refractivity contribution in [3.8, 4) is 0 Å². The number of non-ortho nitro benzene ring substituents is 1. The van der Waals surface area contributed by atoms with Crippen LogP contribution in [0.25, 0.3) is 10.9 Å². The van der Waals surface area contributed by atoms with Crippen molar-refractivity contribution in [2.75, 3.05) is 31.1 Å². The molecule has 9 heteroatoms. The summed E-state index contributed by atoms with van der Waals surface area (Å²) >= 11 is 5.90. The molecule has 0 aliphatic carbocycles. The molecule has 1 amide bonds. The van der Waals surface area contributed by atoms with Gasteiger partial charge in [-0.15, -0.1) is 0 Å². The van der Waals surface area contributed by atoms with Crippen molar-refractivity contribution in [1.29, 1.82) is 0 Å². The van der Waals surface area contributed by atoms with E-state index in [0.29, 0.717) is 41.1 Å². The molecule has 1 aromatic heterocycles. The highest BCUT2D eigenvalue weighted by Gasteiger charge is 2.32. The fourth-order valence-corrected chi connectivity index (χ4v) is 3.95. The molecule has 0 bridgehead atoms. The molecule has 1 atom stereocenters. The second-order valence-electron chi connectivity index (χ2n) is 7.05. The summed E-state index contributed by atoms with van der Waals surface area (Å²) in [5, 5.41) is 22.5. The molecule has 2 aromatic carbocycles. The van der Waals surface area contributed by atoms with Gasteiger partial charge in [-0.1, -0.05) is 11.6 Å². The van der Waals surface area contributed by atoms with Crippen LogP contribution in [0.2, 0.25) is 5.02 Å². The van der Waals surface area contributed by atoms with Crippen LogP contribution in [-0.2, 0) is 0 Å². The van der Waals surface area contributed by atoms with E-state index in [4.69, 9.17) is 11.6 Å². The summed E-state index contributed by atoms with van der Waals surface area (Å²) in [7, 11) is 0. The number of amides is 1. The van der Waals surface area contributed by atoms with Gasteiger partial charge in [0.15, 0.2) is 0 Å². The van der Waals surface area contributed by atoms with Crippen LogP contribution in [0.3, 0.4) is 0 Å². The number of aliphatic hydroxyl groups excluding tert-OH is 1. The molecular formula is C21H19ClN4O4. The SMILES string of the molecule is O=C(c1ccc(Cl)cc1)N1CCN(c2ccc([N+](=O)[O-])c3ncccc23)CC1CO. The number of rotatable bonds is 4. The number of piperazine rings is 1. The number of halogens is 1.